The van der Waals surface area contributed by atoms with Crippen molar-refractivity contribution in [2.24, 2.45) is 0 Å². The van der Waals surface area contributed by atoms with Crippen LogP contribution in [0, 0.1) is 32.1 Å². The van der Waals surface area contributed by atoms with Gasteiger partial charge in [0.1, 0.15) is 11.6 Å². The predicted molar refractivity (Wildman–Crippen MR) is 141 cm³/mol. The summed E-state index contributed by atoms with van der Waals surface area (Å²) in [6, 6.07) is 18.0. The summed E-state index contributed by atoms with van der Waals surface area (Å²) in [5, 5.41) is 15.2. The number of methoxy groups -OCH3 is 1. The van der Waals surface area contributed by atoms with Crippen LogP contribution in [0.4, 0.5) is 11.4 Å². The molecule has 3 aromatic carbocycles. The van der Waals surface area contributed by atoms with Gasteiger partial charge >= 0.3 is 0 Å². The van der Waals surface area contributed by atoms with Gasteiger partial charge < -0.3 is 20.1 Å². The van der Waals surface area contributed by atoms with Gasteiger partial charge in [0.15, 0.2) is 18.1 Å². The van der Waals surface area contributed by atoms with E-state index in [1.165, 1.54) is 19.3 Å². The number of anilines is 2. The zero-order valence-electron chi connectivity index (χ0n) is 20.4. The molecule has 184 valence electrons. The first kappa shape index (κ1) is 26.3. The molecule has 0 aromatic heterocycles. The standard InChI is InChI=1S/C28H26ClN3O4/c1-17-6-5-7-22(11-17)31-28(34)21(15-30)12-20-13-23(29)27(25(14-20)35-4)36-16-26(33)32-24-9-8-18(2)10-19(24)3/h5-14H,16H2,1-4H3,(H,31,34)(H,32,33)/b21-12+. The molecule has 7 nitrogen and oxygen atoms in total. The Morgan fingerprint density at radius 3 is 2.44 bits per heavy atom. The lowest BCUT2D eigenvalue weighted by molar-refractivity contribution is -0.118. The van der Waals surface area contributed by atoms with Crippen LogP contribution in [-0.4, -0.2) is 25.5 Å². The van der Waals surface area contributed by atoms with Gasteiger partial charge in [-0.1, -0.05) is 41.4 Å². The highest BCUT2D eigenvalue weighted by Gasteiger charge is 2.16. The minimum atomic E-state index is -0.554. The van der Waals surface area contributed by atoms with Crippen LogP contribution in [0.3, 0.4) is 0 Å². The number of amides is 2. The molecule has 0 atom stereocenters. The number of hydrogen-bond donors (Lipinski definition) is 2. The monoisotopic (exact) mass is 503 g/mol. The van der Waals surface area contributed by atoms with E-state index in [-0.39, 0.29) is 34.6 Å². The molecule has 0 radical (unpaired) electrons. The molecule has 0 heterocycles. The molecule has 8 heteroatoms. The molecule has 0 unspecified atom stereocenters. The van der Waals surface area contributed by atoms with E-state index in [0.29, 0.717) is 16.9 Å². The highest BCUT2D eigenvalue weighted by atomic mass is 35.5. The number of ether oxygens (including phenoxy) is 2. The number of nitrogens with one attached hydrogen (secondary N) is 2. The van der Waals surface area contributed by atoms with Gasteiger partial charge in [0.2, 0.25) is 0 Å². The van der Waals surface area contributed by atoms with Gasteiger partial charge in [-0.25, -0.2) is 0 Å². The molecule has 0 saturated carbocycles. The van der Waals surface area contributed by atoms with Crippen molar-refractivity contribution in [1.82, 2.24) is 0 Å². The number of nitrogens with zero attached hydrogens (tertiary/aromatic N) is 1. The van der Waals surface area contributed by atoms with E-state index in [1.807, 2.05) is 57.2 Å². The predicted octanol–water partition coefficient (Wildman–Crippen LogP) is 5.84. The lowest BCUT2D eigenvalue weighted by atomic mass is 10.1. The van der Waals surface area contributed by atoms with Crippen molar-refractivity contribution >= 4 is 40.9 Å². The zero-order chi connectivity index (χ0) is 26.2. The zero-order valence-corrected chi connectivity index (χ0v) is 21.2. The summed E-state index contributed by atoms with van der Waals surface area (Å²) >= 11 is 6.40. The summed E-state index contributed by atoms with van der Waals surface area (Å²) < 4.78 is 11.0. The van der Waals surface area contributed by atoms with E-state index in [0.717, 1.165) is 16.7 Å². The summed E-state index contributed by atoms with van der Waals surface area (Å²) in [6.07, 6.45) is 1.40. The minimum Gasteiger partial charge on any atom is -0.493 e. The van der Waals surface area contributed by atoms with Crippen molar-refractivity contribution in [3.05, 3.63) is 87.4 Å². The largest absolute Gasteiger partial charge is 0.493 e. The number of rotatable bonds is 8. The van der Waals surface area contributed by atoms with Gasteiger partial charge in [0.25, 0.3) is 11.8 Å². The Kier molecular flexibility index (Phi) is 8.71. The van der Waals surface area contributed by atoms with Gasteiger partial charge in [0, 0.05) is 11.4 Å². The maximum Gasteiger partial charge on any atom is 0.266 e. The molecule has 0 bridgehead atoms. The van der Waals surface area contributed by atoms with E-state index < -0.39 is 5.91 Å². The maximum atomic E-state index is 12.6. The van der Waals surface area contributed by atoms with E-state index in [1.54, 1.807) is 18.2 Å². The van der Waals surface area contributed by atoms with Crippen LogP contribution in [0.2, 0.25) is 5.02 Å². The second-order valence-electron chi connectivity index (χ2n) is 8.18. The van der Waals surface area contributed by atoms with E-state index in [2.05, 4.69) is 10.6 Å². The normalized spacial score (nSPS) is 10.8. The molecule has 0 aliphatic carbocycles. The number of hydrogen-bond acceptors (Lipinski definition) is 5. The first-order valence-corrected chi connectivity index (χ1v) is 11.4. The number of benzene rings is 3. The first-order chi connectivity index (χ1) is 17.2. The summed E-state index contributed by atoms with van der Waals surface area (Å²) in [5.74, 6) is -0.482. The molecule has 3 aromatic rings. The van der Waals surface area contributed by atoms with Crippen LogP contribution in [-0.2, 0) is 9.59 Å². The molecule has 3 rings (SSSR count). The van der Waals surface area contributed by atoms with Gasteiger partial charge in [-0.3, -0.25) is 9.59 Å². The summed E-state index contributed by atoms with van der Waals surface area (Å²) in [6.45, 7) is 5.50. The highest BCUT2D eigenvalue weighted by Crippen LogP contribution is 2.37. The fourth-order valence-electron chi connectivity index (χ4n) is 3.48. The Hall–Kier alpha value is -4.28. The molecule has 0 fully saturated rings. The molecule has 0 saturated heterocycles. The Morgan fingerprint density at radius 1 is 1.03 bits per heavy atom. The first-order valence-electron chi connectivity index (χ1n) is 11.1. The van der Waals surface area contributed by atoms with Crippen LogP contribution >= 0.6 is 11.6 Å². The maximum absolute atomic E-state index is 12.6. The molecule has 0 aliphatic heterocycles. The van der Waals surface area contributed by atoms with Gasteiger partial charge in [-0.15, -0.1) is 0 Å². The van der Waals surface area contributed by atoms with Gasteiger partial charge in [-0.2, -0.15) is 5.26 Å². The third-order valence-electron chi connectivity index (χ3n) is 5.21. The third-order valence-corrected chi connectivity index (χ3v) is 5.49. The number of nitriles is 1. The Balaban J connectivity index is 1.74. The topological polar surface area (TPSA) is 100 Å². The summed E-state index contributed by atoms with van der Waals surface area (Å²) in [7, 11) is 1.43. The quantitative estimate of drug-likeness (QED) is 0.297. The number of carbonyl (C=O) groups is 2. The van der Waals surface area contributed by atoms with Crippen LogP contribution in [0.5, 0.6) is 11.5 Å². The second-order valence-corrected chi connectivity index (χ2v) is 8.59. The van der Waals surface area contributed by atoms with Crippen molar-refractivity contribution in [1.29, 1.82) is 5.26 Å². The Morgan fingerprint density at radius 2 is 1.78 bits per heavy atom. The fourth-order valence-corrected chi connectivity index (χ4v) is 3.75. The molecular weight excluding hydrogens is 478 g/mol. The Labute approximate surface area is 215 Å². The number of carbonyl (C=O) groups excluding carboxylic acids is 2. The molecule has 2 N–H and O–H groups in total. The smallest absolute Gasteiger partial charge is 0.266 e. The van der Waals surface area contributed by atoms with Crippen molar-refractivity contribution in [2.75, 3.05) is 24.4 Å². The minimum absolute atomic E-state index is 0.115. The van der Waals surface area contributed by atoms with Gasteiger partial charge in [0.05, 0.1) is 12.1 Å². The molecule has 0 spiro atoms. The highest BCUT2D eigenvalue weighted by molar-refractivity contribution is 6.32. The SMILES string of the molecule is COc1cc(/C=C(\C#N)C(=O)Nc2cccc(C)c2)cc(Cl)c1OCC(=O)Nc1ccc(C)cc1C. The van der Waals surface area contributed by atoms with Gasteiger partial charge in [-0.05, 0) is 73.9 Å². The van der Waals surface area contributed by atoms with Crippen molar-refractivity contribution in [2.45, 2.75) is 20.8 Å². The summed E-state index contributed by atoms with van der Waals surface area (Å²) in [4.78, 5) is 25.0. The lowest BCUT2D eigenvalue weighted by Crippen LogP contribution is -2.21. The third kappa shape index (κ3) is 6.87. The van der Waals surface area contributed by atoms with E-state index in [9.17, 15) is 14.9 Å². The molecule has 2 amide bonds. The number of halogens is 1. The summed E-state index contributed by atoms with van der Waals surface area (Å²) in [5.41, 5.74) is 4.64. The lowest BCUT2D eigenvalue weighted by Gasteiger charge is -2.14. The van der Waals surface area contributed by atoms with Crippen LogP contribution < -0.4 is 20.1 Å². The van der Waals surface area contributed by atoms with Crippen LogP contribution in [0.15, 0.2) is 60.2 Å². The molecule has 36 heavy (non-hydrogen) atoms. The Bertz CT molecular complexity index is 1380. The fraction of sp³-hybridized carbons (Fsp3) is 0.179. The average Bonchev–Trinajstić information content (AvgIpc) is 2.83. The van der Waals surface area contributed by atoms with Crippen molar-refractivity contribution in [3.8, 4) is 17.6 Å². The van der Waals surface area contributed by atoms with Crippen LogP contribution in [0.1, 0.15) is 22.3 Å². The number of aryl methyl sites for hydroxylation is 3. The molecular formula is C28H26ClN3O4. The van der Waals surface area contributed by atoms with E-state index >= 15 is 0 Å². The van der Waals surface area contributed by atoms with Crippen LogP contribution in [0.25, 0.3) is 6.08 Å². The van der Waals surface area contributed by atoms with Crippen molar-refractivity contribution < 1.29 is 19.1 Å². The van der Waals surface area contributed by atoms with Crippen molar-refractivity contribution in [3.63, 3.8) is 0 Å². The average molecular weight is 504 g/mol. The second kappa shape index (κ2) is 11.9. The van der Waals surface area contributed by atoms with E-state index in [4.69, 9.17) is 21.1 Å². The molecule has 0 aliphatic rings.